The fourth-order valence-electron chi connectivity index (χ4n) is 3.12. The number of rotatable bonds is 7. The molecule has 27 heavy (non-hydrogen) atoms. The number of aromatic nitrogens is 1. The van der Waals surface area contributed by atoms with Crippen molar-refractivity contribution in [3.8, 4) is 11.5 Å². The first kappa shape index (κ1) is 21.4. The van der Waals surface area contributed by atoms with Crippen molar-refractivity contribution < 1.29 is 9.47 Å². The first-order valence-electron chi connectivity index (χ1n) is 9.19. The van der Waals surface area contributed by atoms with Crippen LogP contribution in [0.25, 0.3) is 0 Å². The zero-order valence-electron chi connectivity index (χ0n) is 16.2. The van der Waals surface area contributed by atoms with Crippen LogP contribution in [0, 0.1) is 0 Å². The summed E-state index contributed by atoms with van der Waals surface area (Å²) in [5, 5.41) is 6.66. The van der Waals surface area contributed by atoms with Gasteiger partial charge < -0.3 is 24.7 Å². The van der Waals surface area contributed by atoms with Gasteiger partial charge in [-0.2, -0.15) is 0 Å². The van der Waals surface area contributed by atoms with Gasteiger partial charge in [0.25, 0.3) is 0 Å². The van der Waals surface area contributed by atoms with Crippen LogP contribution in [-0.2, 0) is 19.5 Å². The lowest BCUT2D eigenvalue weighted by molar-refractivity contribution is 0.254. The van der Waals surface area contributed by atoms with Crippen LogP contribution in [0.1, 0.15) is 25.0 Å². The molecule has 3 rings (SSSR count). The van der Waals surface area contributed by atoms with Crippen molar-refractivity contribution in [3.63, 3.8) is 0 Å². The number of halogens is 1. The van der Waals surface area contributed by atoms with Gasteiger partial charge in [0.2, 0.25) is 0 Å². The summed E-state index contributed by atoms with van der Waals surface area (Å²) in [6, 6.07) is 8.20. The van der Waals surface area contributed by atoms with Gasteiger partial charge in [-0.1, -0.05) is 0 Å². The van der Waals surface area contributed by atoms with Crippen LogP contribution in [0.15, 0.2) is 41.7 Å². The minimum Gasteiger partial charge on any atom is -0.496 e. The number of benzene rings is 1. The number of ether oxygens (including phenoxy) is 2. The Kier molecular flexibility index (Phi) is 8.27. The molecule has 1 atom stereocenters. The second kappa shape index (κ2) is 10.4. The fraction of sp³-hybridized carbons (Fsp3) is 0.450. The molecule has 2 heterocycles. The Morgan fingerprint density at radius 1 is 1.30 bits per heavy atom. The Morgan fingerprint density at radius 2 is 2.07 bits per heavy atom. The van der Waals surface area contributed by atoms with E-state index in [0.29, 0.717) is 6.54 Å². The predicted molar refractivity (Wildman–Crippen MR) is 119 cm³/mol. The summed E-state index contributed by atoms with van der Waals surface area (Å²) in [6.45, 7) is 7.20. The molecule has 148 valence electrons. The number of nitrogens with one attached hydrogen (secondary N) is 2. The van der Waals surface area contributed by atoms with Crippen LogP contribution in [-0.4, -0.2) is 36.8 Å². The van der Waals surface area contributed by atoms with Crippen molar-refractivity contribution in [2.24, 2.45) is 4.99 Å². The molecule has 6 nitrogen and oxygen atoms in total. The van der Waals surface area contributed by atoms with Gasteiger partial charge in [0.1, 0.15) is 17.6 Å². The zero-order valence-corrected chi connectivity index (χ0v) is 18.5. The molecular weight excluding hydrogens is 455 g/mol. The largest absolute Gasteiger partial charge is 0.496 e. The number of methoxy groups -OCH3 is 1. The molecule has 0 radical (unpaired) electrons. The van der Waals surface area contributed by atoms with Crippen LogP contribution < -0.4 is 20.1 Å². The normalized spacial score (nSPS) is 15.5. The van der Waals surface area contributed by atoms with E-state index in [9.17, 15) is 0 Å². The summed E-state index contributed by atoms with van der Waals surface area (Å²) >= 11 is 0. The lowest BCUT2D eigenvalue weighted by atomic mass is 10.1. The number of guanidine groups is 1. The van der Waals surface area contributed by atoms with E-state index in [1.54, 1.807) is 7.11 Å². The smallest absolute Gasteiger partial charge is 0.191 e. The van der Waals surface area contributed by atoms with Crippen LogP contribution in [0.4, 0.5) is 0 Å². The highest BCUT2D eigenvalue weighted by Crippen LogP contribution is 2.35. The lowest BCUT2D eigenvalue weighted by Gasteiger charge is -2.13. The van der Waals surface area contributed by atoms with Crippen molar-refractivity contribution in [3.05, 3.63) is 47.8 Å². The SMILES string of the molecule is CCNC(=NCc1cc2c(cc1OC)CC(C)O2)NCCn1cccc1.I. The fourth-order valence-corrected chi connectivity index (χ4v) is 3.12. The third-order valence-electron chi connectivity index (χ3n) is 4.38. The highest BCUT2D eigenvalue weighted by atomic mass is 127. The molecule has 0 saturated carbocycles. The second-order valence-corrected chi connectivity index (χ2v) is 6.45. The van der Waals surface area contributed by atoms with Crippen molar-refractivity contribution in [1.82, 2.24) is 15.2 Å². The quantitative estimate of drug-likeness (QED) is 0.360. The van der Waals surface area contributed by atoms with Gasteiger partial charge in [0.05, 0.1) is 13.7 Å². The standard InChI is InChI=1S/C20H28N4O2.HI/c1-4-21-20(22-7-10-24-8-5-6-9-24)23-14-17-13-19-16(11-15(2)26-19)12-18(17)25-3;/h5-6,8-9,12-13,15H,4,7,10-11,14H2,1-3H3,(H2,21,22,23);1H. The number of fused-ring (bicyclic) bond motifs is 1. The second-order valence-electron chi connectivity index (χ2n) is 6.45. The monoisotopic (exact) mass is 484 g/mol. The number of nitrogens with zero attached hydrogens (tertiary/aromatic N) is 2. The van der Waals surface area contributed by atoms with Crippen molar-refractivity contribution in [2.45, 2.75) is 39.5 Å². The molecule has 1 aliphatic heterocycles. The van der Waals surface area contributed by atoms with Crippen molar-refractivity contribution >= 4 is 29.9 Å². The minimum absolute atomic E-state index is 0. The summed E-state index contributed by atoms with van der Waals surface area (Å²) in [5.41, 5.74) is 2.24. The molecule has 1 aromatic carbocycles. The molecule has 2 N–H and O–H groups in total. The van der Waals surface area contributed by atoms with Gasteiger partial charge in [0.15, 0.2) is 5.96 Å². The van der Waals surface area contributed by atoms with E-state index >= 15 is 0 Å². The van der Waals surface area contributed by atoms with E-state index < -0.39 is 0 Å². The van der Waals surface area contributed by atoms with E-state index in [4.69, 9.17) is 14.5 Å². The molecule has 0 aliphatic carbocycles. The molecule has 1 aromatic heterocycles. The summed E-state index contributed by atoms with van der Waals surface area (Å²) < 4.78 is 13.6. The van der Waals surface area contributed by atoms with Crippen LogP contribution in [0.3, 0.4) is 0 Å². The molecule has 0 saturated heterocycles. The summed E-state index contributed by atoms with van der Waals surface area (Å²) in [5.74, 6) is 2.62. The average molecular weight is 484 g/mol. The molecule has 7 heteroatoms. The van der Waals surface area contributed by atoms with Gasteiger partial charge >= 0.3 is 0 Å². The first-order chi connectivity index (χ1) is 12.7. The van der Waals surface area contributed by atoms with Crippen LogP contribution in [0.5, 0.6) is 11.5 Å². The molecular formula is C20H29IN4O2. The Balaban J connectivity index is 0.00000261. The molecule has 0 amide bonds. The van der Waals surface area contributed by atoms with E-state index in [1.807, 2.05) is 12.1 Å². The highest BCUT2D eigenvalue weighted by molar-refractivity contribution is 14.0. The third-order valence-corrected chi connectivity index (χ3v) is 4.38. The van der Waals surface area contributed by atoms with Gasteiger partial charge in [-0.3, -0.25) is 0 Å². The number of aliphatic imine (C=N–C) groups is 1. The van der Waals surface area contributed by atoms with Crippen LogP contribution >= 0.6 is 24.0 Å². The highest BCUT2D eigenvalue weighted by Gasteiger charge is 2.21. The van der Waals surface area contributed by atoms with Gasteiger partial charge in [-0.25, -0.2) is 4.99 Å². The van der Waals surface area contributed by atoms with Crippen molar-refractivity contribution in [1.29, 1.82) is 0 Å². The third kappa shape index (κ3) is 5.79. The molecule has 1 unspecified atom stereocenters. The minimum atomic E-state index is 0. The maximum absolute atomic E-state index is 5.87. The van der Waals surface area contributed by atoms with E-state index in [-0.39, 0.29) is 30.1 Å². The van der Waals surface area contributed by atoms with Gasteiger partial charge in [-0.15, -0.1) is 24.0 Å². The summed E-state index contributed by atoms with van der Waals surface area (Å²) in [7, 11) is 1.70. The average Bonchev–Trinajstić information content (AvgIpc) is 3.26. The predicted octanol–water partition coefficient (Wildman–Crippen LogP) is 3.19. The lowest BCUT2D eigenvalue weighted by Crippen LogP contribution is -2.38. The number of hydrogen-bond donors (Lipinski definition) is 2. The molecule has 2 aromatic rings. The van der Waals surface area contributed by atoms with Crippen molar-refractivity contribution in [2.75, 3.05) is 20.2 Å². The van der Waals surface area contributed by atoms with Gasteiger partial charge in [0, 0.05) is 49.6 Å². The first-order valence-corrected chi connectivity index (χ1v) is 9.19. The zero-order chi connectivity index (χ0) is 18.4. The van der Waals surface area contributed by atoms with E-state index in [2.05, 4.69) is 53.6 Å². The molecule has 0 fully saturated rings. The maximum Gasteiger partial charge on any atom is 0.191 e. The maximum atomic E-state index is 5.87. The molecule has 0 spiro atoms. The Hall–Kier alpha value is -1.90. The van der Waals surface area contributed by atoms with E-state index in [0.717, 1.165) is 49.1 Å². The number of hydrogen-bond acceptors (Lipinski definition) is 3. The van der Waals surface area contributed by atoms with Gasteiger partial charge in [-0.05, 0) is 38.1 Å². The van der Waals surface area contributed by atoms with E-state index in [1.165, 1.54) is 5.56 Å². The van der Waals surface area contributed by atoms with Crippen LogP contribution in [0.2, 0.25) is 0 Å². The molecule has 0 bridgehead atoms. The Labute approximate surface area is 178 Å². The topological polar surface area (TPSA) is 59.8 Å². The summed E-state index contributed by atoms with van der Waals surface area (Å²) in [4.78, 5) is 4.71. The summed E-state index contributed by atoms with van der Waals surface area (Å²) in [6.07, 6.45) is 5.27. The Morgan fingerprint density at radius 3 is 2.78 bits per heavy atom. The Bertz CT molecular complexity index is 747. The molecule has 1 aliphatic rings.